The molecule has 7 heteroatoms. The predicted octanol–water partition coefficient (Wildman–Crippen LogP) is 1.72. The molecule has 0 aromatic heterocycles. The minimum absolute atomic E-state index is 0.0431. The number of hydrogen-bond acceptors (Lipinski definition) is 7. The van der Waals surface area contributed by atoms with Crippen LogP contribution in [-0.2, 0) is 9.47 Å². The fourth-order valence-corrected chi connectivity index (χ4v) is 2.48. The molecule has 0 aliphatic carbocycles. The maximum absolute atomic E-state index is 9.36. The molecular weight excluding hydrogens is 322 g/mol. The van der Waals surface area contributed by atoms with Crippen molar-refractivity contribution in [1.29, 1.82) is 0 Å². The Balaban J connectivity index is 0. The summed E-state index contributed by atoms with van der Waals surface area (Å²) in [5, 5.41) is 21.5. The van der Waals surface area contributed by atoms with Crippen molar-refractivity contribution < 1.29 is 19.7 Å². The Morgan fingerprint density at radius 1 is 1.16 bits per heavy atom. The molecule has 2 rings (SSSR count). The Kier molecular flexibility index (Phi) is 14.9. The van der Waals surface area contributed by atoms with Crippen molar-refractivity contribution in [2.75, 3.05) is 41.5 Å². The molecule has 2 aliphatic heterocycles. The number of aliphatic hydroxyl groups is 2. The Bertz CT molecular complexity index is 459. The number of nitrogens with one attached hydrogen (secondary N) is 2. The van der Waals surface area contributed by atoms with Crippen LogP contribution in [0.1, 0.15) is 34.6 Å². The van der Waals surface area contributed by atoms with Crippen molar-refractivity contribution in [3.8, 4) is 0 Å². The molecule has 1 atom stereocenters. The van der Waals surface area contributed by atoms with Gasteiger partial charge in [0.15, 0.2) is 5.88 Å². The number of likely N-dealkylation sites (N-methyl/N-ethyl adjacent to an activating group) is 1. The van der Waals surface area contributed by atoms with Crippen LogP contribution in [0.2, 0.25) is 0 Å². The van der Waals surface area contributed by atoms with Gasteiger partial charge in [0.1, 0.15) is 5.76 Å². The largest absolute Gasteiger partial charge is 0.496 e. The Hall–Kier alpha value is -1.70. The van der Waals surface area contributed by atoms with Gasteiger partial charge in [-0.05, 0) is 12.5 Å². The fourth-order valence-electron chi connectivity index (χ4n) is 2.48. The molecule has 25 heavy (non-hydrogen) atoms. The van der Waals surface area contributed by atoms with E-state index in [2.05, 4.69) is 10.7 Å². The second-order valence-electron chi connectivity index (χ2n) is 4.57. The number of nitrogens with zero attached hydrogens (tertiary/aromatic N) is 1. The molecule has 2 aliphatic rings. The zero-order chi connectivity index (χ0) is 20.0. The molecule has 0 fully saturated rings. The lowest BCUT2D eigenvalue weighted by Crippen LogP contribution is -2.37. The summed E-state index contributed by atoms with van der Waals surface area (Å²) in [6, 6.07) is -0.0431. The van der Waals surface area contributed by atoms with Gasteiger partial charge in [0.2, 0.25) is 0 Å². The van der Waals surface area contributed by atoms with Gasteiger partial charge < -0.3 is 30.0 Å². The van der Waals surface area contributed by atoms with Gasteiger partial charge in [0.25, 0.3) is 0 Å². The van der Waals surface area contributed by atoms with E-state index in [4.69, 9.17) is 14.6 Å². The monoisotopic (exact) mass is 359 g/mol. The minimum Gasteiger partial charge on any atom is -0.496 e. The topological polar surface area (TPSA) is 86.2 Å². The van der Waals surface area contributed by atoms with E-state index in [1.807, 2.05) is 52.8 Å². The number of hydrazine groups is 1. The van der Waals surface area contributed by atoms with Gasteiger partial charge in [-0.1, -0.05) is 27.7 Å². The SMILES string of the molecule is CC.CC.CO.COC1=CC(OC)=C(C2=C(C)C(CO)NN2C)CN1. The first kappa shape index (κ1) is 25.5. The lowest BCUT2D eigenvalue weighted by Gasteiger charge is -2.25. The van der Waals surface area contributed by atoms with Crippen molar-refractivity contribution >= 4 is 0 Å². The predicted molar refractivity (Wildman–Crippen MR) is 102 cm³/mol. The van der Waals surface area contributed by atoms with E-state index in [-0.39, 0.29) is 12.6 Å². The Morgan fingerprint density at radius 2 is 1.72 bits per heavy atom. The van der Waals surface area contributed by atoms with E-state index >= 15 is 0 Å². The lowest BCUT2D eigenvalue weighted by molar-refractivity contribution is 0.215. The quantitative estimate of drug-likeness (QED) is 0.608. The van der Waals surface area contributed by atoms with Crippen LogP contribution in [0.15, 0.2) is 34.6 Å². The molecule has 0 aromatic rings. The molecule has 0 amide bonds. The summed E-state index contributed by atoms with van der Waals surface area (Å²) >= 11 is 0. The van der Waals surface area contributed by atoms with E-state index in [0.717, 1.165) is 29.7 Å². The molecule has 0 saturated heterocycles. The third kappa shape index (κ3) is 6.61. The maximum atomic E-state index is 9.36. The van der Waals surface area contributed by atoms with Crippen molar-refractivity contribution in [3.05, 3.63) is 34.6 Å². The maximum Gasteiger partial charge on any atom is 0.190 e. The van der Waals surface area contributed by atoms with Crippen molar-refractivity contribution in [2.45, 2.75) is 40.7 Å². The third-order valence-electron chi connectivity index (χ3n) is 3.49. The van der Waals surface area contributed by atoms with Crippen LogP contribution < -0.4 is 10.7 Å². The summed E-state index contributed by atoms with van der Waals surface area (Å²) < 4.78 is 10.6. The minimum atomic E-state index is -0.0431. The van der Waals surface area contributed by atoms with Crippen molar-refractivity contribution in [3.63, 3.8) is 0 Å². The highest BCUT2D eigenvalue weighted by Crippen LogP contribution is 2.29. The van der Waals surface area contributed by atoms with Crippen LogP contribution in [0.25, 0.3) is 0 Å². The van der Waals surface area contributed by atoms with Gasteiger partial charge >= 0.3 is 0 Å². The van der Waals surface area contributed by atoms with Gasteiger partial charge in [0, 0.05) is 32.4 Å². The number of ether oxygens (including phenoxy) is 2. The van der Waals surface area contributed by atoms with Crippen LogP contribution in [0.5, 0.6) is 0 Å². The highest BCUT2D eigenvalue weighted by atomic mass is 16.5. The molecule has 0 saturated carbocycles. The van der Waals surface area contributed by atoms with E-state index in [1.54, 1.807) is 14.2 Å². The molecule has 1 unspecified atom stereocenters. The Morgan fingerprint density at radius 3 is 2.12 bits per heavy atom. The molecule has 0 radical (unpaired) electrons. The Labute approximate surface area is 153 Å². The van der Waals surface area contributed by atoms with E-state index in [1.165, 1.54) is 0 Å². The van der Waals surface area contributed by atoms with Gasteiger partial charge in [-0.2, -0.15) is 0 Å². The van der Waals surface area contributed by atoms with Gasteiger partial charge in [0.05, 0.1) is 32.6 Å². The smallest absolute Gasteiger partial charge is 0.190 e. The van der Waals surface area contributed by atoms with E-state index < -0.39 is 0 Å². The molecule has 0 bridgehead atoms. The number of hydrogen-bond donors (Lipinski definition) is 4. The first-order valence-electron chi connectivity index (χ1n) is 8.65. The number of allylic oxidation sites excluding steroid dienone is 1. The summed E-state index contributed by atoms with van der Waals surface area (Å²) in [5.74, 6) is 1.46. The van der Waals surface area contributed by atoms with E-state index in [9.17, 15) is 5.11 Å². The van der Waals surface area contributed by atoms with Crippen LogP contribution in [0.3, 0.4) is 0 Å². The summed E-state index contributed by atoms with van der Waals surface area (Å²) in [7, 11) is 6.20. The molecular formula is C18H37N3O4. The molecule has 0 aromatic carbocycles. The third-order valence-corrected chi connectivity index (χ3v) is 3.49. The average molecular weight is 360 g/mol. The first-order chi connectivity index (χ1) is 12.1. The van der Waals surface area contributed by atoms with Crippen LogP contribution in [0, 0.1) is 0 Å². The highest BCUT2D eigenvalue weighted by molar-refractivity contribution is 5.45. The second kappa shape index (κ2) is 14.6. The number of rotatable bonds is 4. The summed E-state index contributed by atoms with van der Waals surface area (Å²) in [6.45, 7) is 10.7. The number of dihydropyridines is 1. The number of aliphatic hydroxyl groups excluding tert-OH is 2. The van der Waals surface area contributed by atoms with Crippen LogP contribution in [-0.4, -0.2) is 62.8 Å². The molecule has 0 spiro atoms. The number of methoxy groups -OCH3 is 2. The van der Waals surface area contributed by atoms with Crippen molar-refractivity contribution in [2.24, 2.45) is 0 Å². The van der Waals surface area contributed by atoms with Gasteiger partial charge in [-0.15, -0.1) is 0 Å². The standard InChI is InChI=1S/C13H21N3O3.2C2H6.CH4O/c1-8-10(7-17)15-16(2)13(8)9-6-14-12(19-4)5-11(9)18-3;3*1-2/h5,10,14-15,17H,6-7H2,1-4H3;2*1-2H3;2H,1H3. The van der Waals surface area contributed by atoms with Gasteiger partial charge in [-0.3, -0.25) is 0 Å². The fraction of sp³-hybridized carbons (Fsp3) is 0.667. The zero-order valence-corrected chi connectivity index (χ0v) is 17.2. The zero-order valence-electron chi connectivity index (χ0n) is 17.2. The normalized spacial score (nSPS) is 18.6. The van der Waals surface area contributed by atoms with Gasteiger partial charge in [-0.25, -0.2) is 5.43 Å². The summed E-state index contributed by atoms with van der Waals surface area (Å²) in [4.78, 5) is 0. The first-order valence-corrected chi connectivity index (χ1v) is 8.65. The second-order valence-corrected chi connectivity index (χ2v) is 4.57. The molecule has 2 heterocycles. The van der Waals surface area contributed by atoms with Crippen LogP contribution >= 0.6 is 0 Å². The summed E-state index contributed by atoms with van der Waals surface area (Å²) in [5.41, 5.74) is 6.41. The molecule has 148 valence electrons. The van der Waals surface area contributed by atoms with Crippen LogP contribution in [0.4, 0.5) is 0 Å². The molecule has 4 N–H and O–H groups in total. The lowest BCUT2D eigenvalue weighted by atomic mass is 10.0. The van der Waals surface area contributed by atoms with E-state index in [0.29, 0.717) is 12.4 Å². The van der Waals surface area contributed by atoms with Crippen molar-refractivity contribution in [1.82, 2.24) is 15.8 Å². The molecule has 7 nitrogen and oxygen atoms in total. The summed E-state index contributed by atoms with van der Waals surface area (Å²) in [6.07, 6.45) is 1.83. The highest BCUT2D eigenvalue weighted by Gasteiger charge is 2.30. The average Bonchev–Trinajstić information content (AvgIpc) is 2.99.